The summed E-state index contributed by atoms with van der Waals surface area (Å²) in [6.45, 7) is 1.84. The molecule has 4 rings (SSSR count). The smallest absolute Gasteiger partial charge is 0.294 e. The number of aryl methyl sites for hydroxylation is 1. The zero-order chi connectivity index (χ0) is 14.8. The fourth-order valence-corrected chi connectivity index (χ4v) is 3.53. The van der Waals surface area contributed by atoms with Gasteiger partial charge in [-0.05, 0) is 63.0 Å². The summed E-state index contributed by atoms with van der Waals surface area (Å²) in [7, 11) is -4.02. The summed E-state index contributed by atoms with van der Waals surface area (Å²) < 4.78 is 29.6. The van der Waals surface area contributed by atoms with E-state index in [1.54, 1.807) is 12.1 Å². The highest BCUT2D eigenvalue weighted by Gasteiger charge is 2.33. The predicted molar refractivity (Wildman–Crippen MR) is 77.1 cm³/mol. The summed E-state index contributed by atoms with van der Waals surface area (Å²) in [4.78, 5) is -0.0666. The Kier molecular flexibility index (Phi) is 4.83. The Morgan fingerprint density at radius 3 is 1.90 bits per heavy atom. The van der Waals surface area contributed by atoms with Crippen LogP contribution in [0.25, 0.3) is 0 Å². The Labute approximate surface area is 120 Å². The van der Waals surface area contributed by atoms with Crippen molar-refractivity contribution in [2.45, 2.75) is 50.0 Å². The van der Waals surface area contributed by atoms with Crippen molar-refractivity contribution in [2.75, 3.05) is 0 Å². The maximum absolute atomic E-state index is 10.5. The highest BCUT2D eigenvalue weighted by atomic mass is 32.2. The van der Waals surface area contributed by atoms with Gasteiger partial charge in [0.1, 0.15) is 0 Å². The second-order valence-electron chi connectivity index (χ2n) is 5.87. The molecule has 0 heterocycles. The lowest BCUT2D eigenvalue weighted by molar-refractivity contribution is 0.00248. The van der Waals surface area contributed by atoms with E-state index in [0.29, 0.717) is 5.92 Å². The van der Waals surface area contributed by atoms with E-state index < -0.39 is 10.1 Å². The third-order valence-electron chi connectivity index (χ3n) is 4.33. The summed E-state index contributed by atoms with van der Waals surface area (Å²) >= 11 is 0. The first-order valence-corrected chi connectivity index (χ1v) is 8.52. The summed E-state index contributed by atoms with van der Waals surface area (Å²) in [5.74, 6) is 1.56. The number of aliphatic hydroxyl groups excluding tert-OH is 1. The standard InChI is InChI=1S/C8H14O.C7H8O3S/c9-8-5-6-1-3-7(8)4-2-6;1-6-2-4-7(5-3-6)11(8,9)10/h6-9H,1-5H2;2-5H,1H3,(H,8,9,10). The van der Waals surface area contributed by atoms with Crippen molar-refractivity contribution < 1.29 is 18.1 Å². The zero-order valence-corrected chi connectivity index (χ0v) is 12.5. The lowest BCUT2D eigenvalue weighted by Gasteiger charge is -2.39. The Morgan fingerprint density at radius 2 is 1.60 bits per heavy atom. The van der Waals surface area contributed by atoms with Crippen molar-refractivity contribution in [3.05, 3.63) is 29.8 Å². The first-order chi connectivity index (χ1) is 9.36. The van der Waals surface area contributed by atoms with E-state index in [1.165, 1.54) is 37.8 Å². The second-order valence-corrected chi connectivity index (χ2v) is 7.29. The summed E-state index contributed by atoms with van der Waals surface area (Å²) in [5, 5.41) is 9.40. The minimum absolute atomic E-state index is 0.0666. The average molecular weight is 298 g/mol. The maximum atomic E-state index is 10.5. The number of rotatable bonds is 1. The predicted octanol–water partition coefficient (Wildman–Crippen LogP) is 2.80. The Hall–Kier alpha value is -0.910. The Balaban J connectivity index is 0.000000149. The van der Waals surface area contributed by atoms with Crippen LogP contribution in [0.3, 0.4) is 0 Å². The molecular formula is C15H22O4S. The lowest BCUT2D eigenvalue weighted by Crippen LogP contribution is -2.34. The first kappa shape index (κ1) is 15.5. The maximum Gasteiger partial charge on any atom is 0.294 e. The van der Waals surface area contributed by atoms with Gasteiger partial charge in [0.15, 0.2) is 0 Å². The zero-order valence-electron chi connectivity index (χ0n) is 11.7. The van der Waals surface area contributed by atoms with Gasteiger partial charge in [-0.3, -0.25) is 4.55 Å². The van der Waals surface area contributed by atoms with Crippen LogP contribution >= 0.6 is 0 Å². The van der Waals surface area contributed by atoms with Crippen LogP contribution < -0.4 is 0 Å². The van der Waals surface area contributed by atoms with Crippen LogP contribution in [0.1, 0.15) is 37.7 Å². The van der Waals surface area contributed by atoms with E-state index in [4.69, 9.17) is 4.55 Å². The molecular weight excluding hydrogens is 276 g/mol. The van der Waals surface area contributed by atoms with Crippen molar-refractivity contribution in [3.8, 4) is 0 Å². The molecule has 1 atom stereocenters. The minimum atomic E-state index is -4.02. The minimum Gasteiger partial charge on any atom is -0.393 e. The third-order valence-corrected chi connectivity index (χ3v) is 5.20. The van der Waals surface area contributed by atoms with Crippen molar-refractivity contribution in [1.82, 2.24) is 0 Å². The van der Waals surface area contributed by atoms with Gasteiger partial charge in [-0.2, -0.15) is 8.42 Å². The number of fused-ring (bicyclic) bond motifs is 3. The van der Waals surface area contributed by atoms with E-state index in [-0.39, 0.29) is 11.0 Å². The number of aliphatic hydroxyl groups is 1. The topological polar surface area (TPSA) is 74.6 Å². The molecule has 5 heteroatoms. The molecule has 1 unspecified atom stereocenters. The number of hydrogen-bond acceptors (Lipinski definition) is 3. The summed E-state index contributed by atoms with van der Waals surface area (Å²) in [5.41, 5.74) is 0.956. The van der Waals surface area contributed by atoms with E-state index in [0.717, 1.165) is 17.9 Å². The summed E-state index contributed by atoms with van der Waals surface area (Å²) in [6, 6.07) is 5.99. The molecule has 0 amide bonds. The van der Waals surface area contributed by atoms with Crippen LogP contribution in [-0.2, 0) is 10.1 Å². The van der Waals surface area contributed by atoms with Gasteiger partial charge in [-0.1, -0.05) is 17.7 Å². The quantitative estimate of drug-likeness (QED) is 0.782. The van der Waals surface area contributed by atoms with E-state index >= 15 is 0 Å². The molecule has 0 spiro atoms. The molecule has 1 aromatic carbocycles. The molecule has 3 saturated carbocycles. The van der Waals surface area contributed by atoms with Crippen LogP contribution in [0, 0.1) is 18.8 Å². The van der Waals surface area contributed by atoms with Crippen molar-refractivity contribution in [3.63, 3.8) is 0 Å². The molecule has 1 aromatic rings. The van der Waals surface area contributed by atoms with Crippen molar-refractivity contribution in [2.24, 2.45) is 11.8 Å². The number of hydrogen-bond donors (Lipinski definition) is 2. The normalized spacial score (nSPS) is 28.6. The largest absolute Gasteiger partial charge is 0.393 e. The van der Waals surface area contributed by atoms with Gasteiger partial charge in [0.2, 0.25) is 0 Å². The average Bonchev–Trinajstić information content (AvgIpc) is 2.40. The monoisotopic (exact) mass is 298 g/mol. The van der Waals surface area contributed by atoms with Crippen LogP contribution in [0.2, 0.25) is 0 Å². The fourth-order valence-electron chi connectivity index (χ4n) is 3.05. The molecule has 4 nitrogen and oxygen atoms in total. The molecule has 20 heavy (non-hydrogen) atoms. The summed E-state index contributed by atoms with van der Waals surface area (Å²) in [6.07, 6.45) is 6.55. The molecule has 0 aliphatic heterocycles. The van der Waals surface area contributed by atoms with Crippen LogP contribution in [0.15, 0.2) is 29.2 Å². The van der Waals surface area contributed by atoms with Crippen LogP contribution in [0.4, 0.5) is 0 Å². The van der Waals surface area contributed by atoms with Gasteiger partial charge < -0.3 is 5.11 Å². The van der Waals surface area contributed by atoms with E-state index in [9.17, 15) is 13.5 Å². The highest BCUT2D eigenvalue weighted by Crippen LogP contribution is 2.40. The van der Waals surface area contributed by atoms with Gasteiger partial charge in [0.05, 0.1) is 11.0 Å². The molecule has 3 aliphatic carbocycles. The Morgan fingerprint density at radius 1 is 1.05 bits per heavy atom. The molecule has 112 valence electrons. The van der Waals surface area contributed by atoms with Crippen LogP contribution in [0.5, 0.6) is 0 Å². The van der Waals surface area contributed by atoms with Gasteiger partial charge in [0.25, 0.3) is 10.1 Å². The molecule has 0 saturated heterocycles. The van der Waals surface area contributed by atoms with E-state index in [1.807, 2.05) is 6.92 Å². The van der Waals surface area contributed by atoms with Gasteiger partial charge in [-0.15, -0.1) is 0 Å². The first-order valence-electron chi connectivity index (χ1n) is 7.08. The Bertz CT molecular complexity index is 527. The molecule has 2 N–H and O–H groups in total. The van der Waals surface area contributed by atoms with Gasteiger partial charge in [0, 0.05) is 0 Å². The van der Waals surface area contributed by atoms with Crippen molar-refractivity contribution >= 4 is 10.1 Å². The van der Waals surface area contributed by atoms with Gasteiger partial charge in [-0.25, -0.2) is 0 Å². The molecule has 0 radical (unpaired) electrons. The molecule has 3 fully saturated rings. The molecule has 3 aliphatic rings. The van der Waals surface area contributed by atoms with Crippen LogP contribution in [-0.4, -0.2) is 24.2 Å². The third kappa shape index (κ3) is 4.04. The fraction of sp³-hybridized carbons (Fsp3) is 0.600. The SMILES string of the molecule is Cc1ccc(S(=O)(=O)O)cc1.OC1CC2CCC1CC2. The van der Waals surface area contributed by atoms with Crippen molar-refractivity contribution in [1.29, 1.82) is 0 Å². The number of benzene rings is 1. The van der Waals surface area contributed by atoms with Gasteiger partial charge >= 0.3 is 0 Å². The molecule has 2 bridgehead atoms. The second kappa shape index (κ2) is 6.24. The van der Waals surface area contributed by atoms with E-state index in [2.05, 4.69) is 0 Å². The lowest BCUT2D eigenvalue weighted by atomic mass is 9.69. The molecule has 0 aromatic heterocycles. The highest BCUT2D eigenvalue weighted by molar-refractivity contribution is 7.85.